The molecule has 5 nitrogen and oxygen atoms in total. The van der Waals surface area contributed by atoms with Crippen LogP contribution in [0.15, 0.2) is 55.1 Å². The minimum atomic E-state index is 0.751. The van der Waals surface area contributed by atoms with Gasteiger partial charge in [-0.25, -0.2) is 9.97 Å². The first-order valence-corrected chi connectivity index (χ1v) is 9.37. The predicted octanol–water partition coefficient (Wildman–Crippen LogP) is 4.23. The lowest BCUT2D eigenvalue weighted by Gasteiger charge is -2.27. The van der Waals surface area contributed by atoms with Gasteiger partial charge in [0.2, 0.25) is 0 Å². The second kappa shape index (κ2) is 6.76. The van der Waals surface area contributed by atoms with Crippen molar-refractivity contribution in [3.05, 3.63) is 77.0 Å². The molecule has 0 aliphatic carbocycles. The van der Waals surface area contributed by atoms with E-state index in [0.717, 1.165) is 53.7 Å². The molecule has 1 aromatic carbocycles. The zero-order valence-corrected chi connectivity index (χ0v) is 15.4. The van der Waals surface area contributed by atoms with Crippen LogP contribution in [-0.4, -0.2) is 31.4 Å². The van der Waals surface area contributed by atoms with Crippen molar-refractivity contribution in [2.24, 2.45) is 0 Å². The predicted molar refractivity (Wildman–Crippen MR) is 106 cm³/mol. The number of fused-ring (bicyclic) bond motifs is 2. The Hall–Kier alpha value is -2.76. The van der Waals surface area contributed by atoms with Crippen molar-refractivity contribution in [2.45, 2.75) is 19.5 Å². The van der Waals surface area contributed by atoms with Gasteiger partial charge in [-0.1, -0.05) is 11.6 Å². The van der Waals surface area contributed by atoms with Crippen molar-refractivity contribution in [3.63, 3.8) is 0 Å². The molecule has 6 heteroatoms. The number of rotatable bonds is 3. The summed E-state index contributed by atoms with van der Waals surface area (Å²) in [5.41, 5.74) is 5.69. The fraction of sp³-hybridized carbons (Fsp3) is 0.190. The highest BCUT2D eigenvalue weighted by atomic mass is 35.5. The van der Waals surface area contributed by atoms with Crippen LogP contribution in [0.3, 0.4) is 0 Å². The fourth-order valence-corrected chi connectivity index (χ4v) is 3.84. The minimum Gasteiger partial charge on any atom is -0.361 e. The maximum Gasteiger partial charge on any atom is 0.160 e. The molecule has 0 amide bonds. The Kier molecular flexibility index (Phi) is 4.11. The van der Waals surface area contributed by atoms with Crippen molar-refractivity contribution >= 4 is 22.5 Å². The van der Waals surface area contributed by atoms with E-state index in [-0.39, 0.29) is 0 Å². The fourth-order valence-electron chi connectivity index (χ4n) is 3.67. The third-order valence-corrected chi connectivity index (χ3v) is 5.29. The molecule has 3 aromatic heterocycles. The molecule has 0 saturated heterocycles. The van der Waals surface area contributed by atoms with Crippen LogP contribution in [0.2, 0.25) is 5.02 Å². The van der Waals surface area contributed by atoms with E-state index in [1.165, 1.54) is 16.5 Å². The largest absolute Gasteiger partial charge is 0.361 e. The van der Waals surface area contributed by atoms with E-state index in [4.69, 9.17) is 16.6 Å². The van der Waals surface area contributed by atoms with E-state index in [1.807, 2.05) is 36.5 Å². The molecule has 1 aliphatic heterocycles. The number of benzene rings is 1. The summed E-state index contributed by atoms with van der Waals surface area (Å²) in [5.74, 6) is 0.751. The van der Waals surface area contributed by atoms with Gasteiger partial charge >= 0.3 is 0 Å². The molecule has 4 heterocycles. The lowest BCUT2D eigenvalue weighted by molar-refractivity contribution is 0.244. The van der Waals surface area contributed by atoms with Crippen LogP contribution in [0, 0.1) is 0 Å². The van der Waals surface area contributed by atoms with Crippen LogP contribution in [0.5, 0.6) is 0 Å². The first kappa shape index (κ1) is 16.4. The SMILES string of the molecule is Clc1ccc2[nH]cc(CN3CCc4nc(-c5cccnc5)ncc4C3)c2c1. The molecule has 0 bridgehead atoms. The summed E-state index contributed by atoms with van der Waals surface area (Å²) in [6.07, 6.45) is 8.53. The average Bonchev–Trinajstić information content (AvgIpc) is 3.10. The van der Waals surface area contributed by atoms with Gasteiger partial charge in [0.15, 0.2) is 5.82 Å². The first-order valence-electron chi connectivity index (χ1n) is 8.99. The summed E-state index contributed by atoms with van der Waals surface area (Å²) in [5, 5.41) is 1.96. The number of hydrogen-bond acceptors (Lipinski definition) is 4. The van der Waals surface area contributed by atoms with Crippen LogP contribution in [-0.2, 0) is 19.5 Å². The lowest BCUT2D eigenvalue weighted by Crippen LogP contribution is -2.30. The highest BCUT2D eigenvalue weighted by molar-refractivity contribution is 6.31. The van der Waals surface area contributed by atoms with E-state index in [2.05, 4.69) is 26.0 Å². The maximum absolute atomic E-state index is 6.17. The van der Waals surface area contributed by atoms with Crippen molar-refractivity contribution in [3.8, 4) is 11.4 Å². The van der Waals surface area contributed by atoms with Crippen molar-refractivity contribution < 1.29 is 0 Å². The van der Waals surface area contributed by atoms with E-state index in [9.17, 15) is 0 Å². The van der Waals surface area contributed by atoms with Crippen LogP contribution >= 0.6 is 11.6 Å². The summed E-state index contributed by atoms with van der Waals surface area (Å²) in [7, 11) is 0. The van der Waals surface area contributed by atoms with Crippen LogP contribution in [0.4, 0.5) is 0 Å². The van der Waals surface area contributed by atoms with Gasteiger partial charge in [-0.05, 0) is 35.9 Å². The number of H-pyrrole nitrogens is 1. The van der Waals surface area contributed by atoms with Gasteiger partial charge in [0.25, 0.3) is 0 Å². The molecule has 27 heavy (non-hydrogen) atoms. The molecule has 0 saturated carbocycles. The van der Waals surface area contributed by atoms with Crippen molar-refractivity contribution in [2.75, 3.05) is 6.54 Å². The Balaban J connectivity index is 1.37. The number of nitrogens with zero attached hydrogens (tertiary/aromatic N) is 4. The Morgan fingerprint density at radius 1 is 1.19 bits per heavy atom. The van der Waals surface area contributed by atoms with E-state index in [1.54, 1.807) is 12.4 Å². The van der Waals surface area contributed by atoms with Crippen LogP contribution in [0.25, 0.3) is 22.3 Å². The lowest BCUT2D eigenvalue weighted by atomic mass is 10.1. The summed E-state index contributed by atoms with van der Waals surface area (Å²) in [6.45, 7) is 2.71. The number of aromatic amines is 1. The molecule has 0 atom stereocenters. The highest BCUT2D eigenvalue weighted by Crippen LogP contribution is 2.26. The second-order valence-corrected chi connectivity index (χ2v) is 7.31. The zero-order valence-electron chi connectivity index (χ0n) is 14.7. The zero-order chi connectivity index (χ0) is 18.2. The summed E-state index contributed by atoms with van der Waals surface area (Å²) < 4.78 is 0. The molecule has 0 radical (unpaired) electrons. The number of nitrogens with one attached hydrogen (secondary N) is 1. The molecule has 0 fully saturated rings. The Labute approximate surface area is 162 Å². The van der Waals surface area contributed by atoms with E-state index >= 15 is 0 Å². The van der Waals surface area contributed by atoms with Gasteiger partial charge in [-0.2, -0.15) is 0 Å². The topological polar surface area (TPSA) is 57.7 Å². The first-order chi connectivity index (χ1) is 13.3. The smallest absolute Gasteiger partial charge is 0.160 e. The Morgan fingerprint density at radius 3 is 3.04 bits per heavy atom. The maximum atomic E-state index is 6.17. The summed E-state index contributed by atoms with van der Waals surface area (Å²) >= 11 is 6.17. The third kappa shape index (κ3) is 3.20. The van der Waals surface area contributed by atoms with Gasteiger partial charge in [0, 0.05) is 77.9 Å². The molecular formula is C21H18ClN5. The number of pyridine rings is 1. The van der Waals surface area contributed by atoms with Gasteiger partial charge in [0.1, 0.15) is 0 Å². The van der Waals surface area contributed by atoms with Crippen molar-refractivity contribution in [1.29, 1.82) is 0 Å². The molecule has 134 valence electrons. The highest BCUT2D eigenvalue weighted by Gasteiger charge is 2.20. The Morgan fingerprint density at radius 2 is 2.15 bits per heavy atom. The van der Waals surface area contributed by atoms with Crippen LogP contribution < -0.4 is 0 Å². The standard InChI is InChI=1S/C21H18ClN5/c22-17-3-4-20-18(8-17)15(10-24-20)12-27-7-5-19-16(13-27)11-25-21(26-19)14-2-1-6-23-9-14/h1-4,6,8-11,24H,5,7,12-13H2. The van der Waals surface area contributed by atoms with E-state index in [0.29, 0.717) is 0 Å². The van der Waals surface area contributed by atoms with Gasteiger partial charge in [0.05, 0.1) is 5.69 Å². The van der Waals surface area contributed by atoms with Gasteiger partial charge in [-0.3, -0.25) is 9.88 Å². The number of aromatic nitrogens is 4. The molecule has 1 aliphatic rings. The summed E-state index contributed by atoms with van der Waals surface area (Å²) in [6, 6.07) is 9.88. The molecule has 0 unspecified atom stereocenters. The van der Waals surface area contributed by atoms with Gasteiger partial charge in [-0.15, -0.1) is 0 Å². The second-order valence-electron chi connectivity index (χ2n) is 6.87. The molecule has 0 spiro atoms. The number of halogens is 1. The molecule has 5 rings (SSSR count). The quantitative estimate of drug-likeness (QED) is 0.582. The number of hydrogen-bond donors (Lipinski definition) is 1. The third-order valence-electron chi connectivity index (χ3n) is 5.06. The molecule has 1 N–H and O–H groups in total. The molecular weight excluding hydrogens is 358 g/mol. The molecule has 4 aromatic rings. The van der Waals surface area contributed by atoms with Gasteiger partial charge < -0.3 is 4.98 Å². The summed E-state index contributed by atoms with van der Waals surface area (Å²) in [4.78, 5) is 19.2. The minimum absolute atomic E-state index is 0.751. The Bertz CT molecular complexity index is 1110. The average molecular weight is 376 g/mol. The van der Waals surface area contributed by atoms with Crippen LogP contribution in [0.1, 0.15) is 16.8 Å². The normalized spacial score (nSPS) is 14.4. The monoisotopic (exact) mass is 375 g/mol. The van der Waals surface area contributed by atoms with Crippen molar-refractivity contribution in [1.82, 2.24) is 24.8 Å². The van der Waals surface area contributed by atoms with E-state index < -0.39 is 0 Å².